The third-order valence-electron chi connectivity index (χ3n) is 5.07. The van der Waals surface area contributed by atoms with E-state index in [2.05, 4.69) is 41.2 Å². The Morgan fingerprint density at radius 2 is 1.81 bits per heavy atom. The quantitative estimate of drug-likeness (QED) is 0.631. The fourth-order valence-electron chi connectivity index (χ4n) is 3.30. The van der Waals surface area contributed by atoms with Gasteiger partial charge >= 0.3 is 0 Å². The number of hydrogen-bond donors (Lipinski definition) is 0. The van der Waals surface area contributed by atoms with Crippen molar-refractivity contribution in [3.63, 3.8) is 0 Å². The molecule has 138 valence electrons. The number of aryl methyl sites for hydroxylation is 2. The third-order valence-corrected chi connectivity index (χ3v) is 5.07. The standard InChI is InChI=1S/C23H25N3O/c1-18-7-9-19(10-8-18)16-25(21-12-13-21)23(27)14-11-20-15-24-26(17-20)22-5-3-2-4-6-22/h2-10,15,17,21H,11-14,16H2,1H3. The predicted molar refractivity (Wildman–Crippen MR) is 107 cm³/mol. The Morgan fingerprint density at radius 3 is 2.52 bits per heavy atom. The summed E-state index contributed by atoms with van der Waals surface area (Å²) < 4.78 is 1.87. The lowest BCUT2D eigenvalue weighted by molar-refractivity contribution is -0.132. The molecule has 0 N–H and O–H groups in total. The van der Waals surface area contributed by atoms with Crippen molar-refractivity contribution in [2.45, 2.75) is 45.2 Å². The van der Waals surface area contributed by atoms with Gasteiger partial charge in [-0.15, -0.1) is 0 Å². The van der Waals surface area contributed by atoms with Crippen LogP contribution in [0.1, 0.15) is 36.0 Å². The molecule has 27 heavy (non-hydrogen) atoms. The Balaban J connectivity index is 1.37. The highest BCUT2D eigenvalue weighted by Gasteiger charge is 2.32. The molecule has 1 aliphatic carbocycles. The number of nitrogens with zero attached hydrogens (tertiary/aromatic N) is 3. The van der Waals surface area contributed by atoms with Gasteiger partial charge in [-0.1, -0.05) is 48.0 Å². The summed E-state index contributed by atoms with van der Waals surface area (Å²) in [7, 11) is 0. The van der Waals surface area contributed by atoms with E-state index in [1.54, 1.807) is 0 Å². The minimum Gasteiger partial charge on any atom is -0.335 e. The first-order valence-electron chi connectivity index (χ1n) is 9.63. The zero-order valence-corrected chi connectivity index (χ0v) is 15.7. The average molecular weight is 359 g/mol. The van der Waals surface area contributed by atoms with Crippen molar-refractivity contribution in [3.8, 4) is 5.69 Å². The van der Waals surface area contributed by atoms with Gasteiger partial charge in [-0.25, -0.2) is 4.68 Å². The van der Waals surface area contributed by atoms with Gasteiger partial charge in [0.1, 0.15) is 0 Å². The molecular weight excluding hydrogens is 334 g/mol. The zero-order valence-electron chi connectivity index (χ0n) is 15.7. The van der Waals surface area contributed by atoms with Crippen molar-refractivity contribution in [1.82, 2.24) is 14.7 Å². The summed E-state index contributed by atoms with van der Waals surface area (Å²) in [6.45, 7) is 2.80. The maximum absolute atomic E-state index is 12.8. The molecular formula is C23H25N3O. The molecule has 3 aromatic rings. The van der Waals surface area contributed by atoms with Gasteiger partial charge in [0.25, 0.3) is 0 Å². The van der Waals surface area contributed by atoms with Crippen molar-refractivity contribution >= 4 is 5.91 Å². The predicted octanol–water partition coefficient (Wildman–Crippen LogP) is 4.30. The van der Waals surface area contributed by atoms with E-state index in [0.717, 1.165) is 30.5 Å². The Hall–Kier alpha value is -2.88. The first-order chi connectivity index (χ1) is 13.2. The summed E-state index contributed by atoms with van der Waals surface area (Å²) >= 11 is 0. The van der Waals surface area contributed by atoms with Crippen LogP contribution in [0.5, 0.6) is 0 Å². The maximum Gasteiger partial charge on any atom is 0.223 e. The van der Waals surface area contributed by atoms with Crippen LogP contribution in [0.2, 0.25) is 0 Å². The van der Waals surface area contributed by atoms with Gasteiger partial charge in [-0.2, -0.15) is 5.10 Å². The highest BCUT2D eigenvalue weighted by Crippen LogP contribution is 2.29. The molecule has 1 aromatic heterocycles. The van der Waals surface area contributed by atoms with Crippen LogP contribution in [-0.2, 0) is 17.8 Å². The fourth-order valence-corrected chi connectivity index (χ4v) is 3.30. The molecule has 0 radical (unpaired) electrons. The molecule has 4 heteroatoms. The van der Waals surface area contributed by atoms with Crippen LogP contribution in [0, 0.1) is 6.92 Å². The number of aromatic nitrogens is 2. The summed E-state index contributed by atoms with van der Waals surface area (Å²) in [5.41, 5.74) is 4.59. The molecule has 1 saturated carbocycles. The van der Waals surface area contributed by atoms with Gasteiger partial charge < -0.3 is 4.90 Å². The van der Waals surface area contributed by atoms with Crippen LogP contribution >= 0.6 is 0 Å². The summed E-state index contributed by atoms with van der Waals surface area (Å²) in [6, 6.07) is 18.9. The molecule has 1 aliphatic rings. The normalized spacial score (nSPS) is 13.5. The molecule has 1 fully saturated rings. The van der Waals surface area contributed by atoms with Crippen molar-refractivity contribution < 1.29 is 4.79 Å². The summed E-state index contributed by atoms with van der Waals surface area (Å²) in [4.78, 5) is 14.9. The van der Waals surface area contributed by atoms with Crippen molar-refractivity contribution in [2.75, 3.05) is 0 Å². The van der Waals surface area contributed by atoms with Gasteiger partial charge in [-0.3, -0.25) is 4.79 Å². The number of para-hydroxylation sites is 1. The van der Waals surface area contributed by atoms with E-state index in [1.807, 2.05) is 47.4 Å². The van der Waals surface area contributed by atoms with Crippen LogP contribution in [-0.4, -0.2) is 26.6 Å². The maximum atomic E-state index is 12.8. The lowest BCUT2D eigenvalue weighted by atomic mass is 10.1. The van der Waals surface area contributed by atoms with Gasteiger partial charge in [0, 0.05) is 25.2 Å². The number of carbonyl (C=O) groups excluding carboxylic acids is 1. The first-order valence-corrected chi connectivity index (χ1v) is 9.63. The van der Waals surface area contributed by atoms with E-state index < -0.39 is 0 Å². The van der Waals surface area contributed by atoms with E-state index in [9.17, 15) is 4.79 Å². The van der Waals surface area contributed by atoms with Gasteiger partial charge in [0.15, 0.2) is 0 Å². The number of benzene rings is 2. The van der Waals surface area contributed by atoms with E-state index in [-0.39, 0.29) is 5.91 Å². The first kappa shape index (κ1) is 17.5. The number of amides is 1. The monoisotopic (exact) mass is 359 g/mol. The van der Waals surface area contributed by atoms with Crippen LogP contribution in [0.25, 0.3) is 5.69 Å². The Morgan fingerprint density at radius 1 is 1.07 bits per heavy atom. The molecule has 1 heterocycles. The SMILES string of the molecule is Cc1ccc(CN(C(=O)CCc2cnn(-c3ccccc3)c2)C2CC2)cc1. The van der Waals surface area contributed by atoms with E-state index in [0.29, 0.717) is 19.0 Å². The lowest BCUT2D eigenvalue weighted by Gasteiger charge is -2.22. The van der Waals surface area contributed by atoms with Gasteiger partial charge in [-0.05, 0) is 49.4 Å². The van der Waals surface area contributed by atoms with E-state index in [4.69, 9.17) is 0 Å². The molecule has 2 aromatic carbocycles. The summed E-state index contributed by atoms with van der Waals surface area (Å²) in [6.07, 6.45) is 7.39. The fraction of sp³-hybridized carbons (Fsp3) is 0.304. The largest absolute Gasteiger partial charge is 0.335 e. The van der Waals surface area contributed by atoms with E-state index >= 15 is 0 Å². The third kappa shape index (κ3) is 4.45. The molecule has 0 saturated heterocycles. The van der Waals surface area contributed by atoms with Crippen LogP contribution < -0.4 is 0 Å². The Labute approximate surface area is 160 Å². The molecule has 0 aliphatic heterocycles. The van der Waals surface area contributed by atoms with Gasteiger partial charge in [0.05, 0.1) is 11.9 Å². The van der Waals surface area contributed by atoms with Crippen molar-refractivity contribution in [1.29, 1.82) is 0 Å². The van der Waals surface area contributed by atoms with Gasteiger partial charge in [0.2, 0.25) is 5.91 Å². The summed E-state index contributed by atoms with van der Waals surface area (Å²) in [5.74, 6) is 0.241. The van der Waals surface area contributed by atoms with E-state index in [1.165, 1.54) is 11.1 Å². The second-order valence-electron chi connectivity index (χ2n) is 7.37. The second kappa shape index (κ2) is 7.78. The Bertz CT molecular complexity index is 895. The van der Waals surface area contributed by atoms with Crippen LogP contribution in [0.15, 0.2) is 67.0 Å². The average Bonchev–Trinajstić information content (AvgIpc) is 3.43. The highest BCUT2D eigenvalue weighted by atomic mass is 16.2. The highest BCUT2D eigenvalue weighted by molar-refractivity contribution is 5.77. The lowest BCUT2D eigenvalue weighted by Crippen LogP contribution is -2.32. The molecule has 4 nitrogen and oxygen atoms in total. The minimum atomic E-state index is 0.241. The molecule has 0 bridgehead atoms. The Kier molecular flexibility index (Phi) is 5.05. The molecule has 0 unspecified atom stereocenters. The second-order valence-corrected chi connectivity index (χ2v) is 7.37. The topological polar surface area (TPSA) is 38.1 Å². The molecule has 0 spiro atoms. The molecule has 0 atom stereocenters. The number of carbonyl (C=O) groups is 1. The minimum absolute atomic E-state index is 0.241. The number of hydrogen-bond acceptors (Lipinski definition) is 2. The van der Waals surface area contributed by atoms with Crippen molar-refractivity contribution in [2.24, 2.45) is 0 Å². The molecule has 1 amide bonds. The van der Waals surface area contributed by atoms with Crippen molar-refractivity contribution in [3.05, 3.63) is 83.7 Å². The van der Waals surface area contributed by atoms with Crippen LogP contribution in [0.3, 0.4) is 0 Å². The molecule has 4 rings (SSSR count). The smallest absolute Gasteiger partial charge is 0.223 e. The summed E-state index contributed by atoms with van der Waals surface area (Å²) in [5, 5.41) is 4.42. The number of rotatable bonds is 7. The zero-order chi connectivity index (χ0) is 18.6. The van der Waals surface area contributed by atoms with Crippen LogP contribution in [0.4, 0.5) is 0 Å².